The summed E-state index contributed by atoms with van der Waals surface area (Å²) in [5.74, 6) is 0.660. The molecule has 0 fully saturated rings. The predicted molar refractivity (Wildman–Crippen MR) is 65.2 cm³/mol. The molecular weight excluding hydrogens is 200 g/mol. The predicted octanol–water partition coefficient (Wildman–Crippen LogP) is 2.23. The van der Waals surface area contributed by atoms with Gasteiger partial charge in [0.1, 0.15) is 0 Å². The number of nitrogens with one attached hydrogen (secondary N) is 1. The van der Waals surface area contributed by atoms with Crippen molar-refractivity contribution >= 4 is 11.6 Å². The van der Waals surface area contributed by atoms with Gasteiger partial charge in [-0.05, 0) is 29.5 Å². The average molecular weight is 218 g/mol. The number of fused-ring (bicyclic) bond motifs is 1. The van der Waals surface area contributed by atoms with Crippen molar-refractivity contribution in [3.8, 4) is 0 Å². The number of carbonyl (C=O) groups excluding carboxylic acids is 1. The van der Waals surface area contributed by atoms with E-state index in [2.05, 4.69) is 25.2 Å². The van der Waals surface area contributed by atoms with Gasteiger partial charge in [-0.25, -0.2) is 0 Å². The van der Waals surface area contributed by atoms with Gasteiger partial charge in [-0.1, -0.05) is 26.0 Å². The molecule has 1 aromatic rings. The zero-order chi connectivity index (χ0) is 11.7. The Bertz CT molecular complexity index is 412. The fourth-order valence-electron chi connectivity index (χ4n) is 2.12. The van der Waals surface area contributed by atoms with E-state index in [0.29, 0.717) is 12.3 Å². The largest absolute Gasteiger partial charge is 0.326 e. The smallest absolute Gasteiger partial charge is 0.228 e. The number of rotatable bonds is 3. The monoisotopic (exact) mass is 218 g/mol. The number of hydrogen-bond donors (Lipinski definition) is 2. The first-order valence-electron chi connectivity index (χ1n) is 5.74. The quantitative estimate of drug-likeness (QED) is 0.817. The fourth-order valence-corrected chi connectivity index (χ4v) is 2.12. The summed E-state index contributed by atoms with van der Waals surface area (Å²) in [6.07, 6.45) is 1.46. The van der Waals surface area contributed by atoms with Crippen molar-refractivity contribution in [1.29, 1.82) is 0 Å². The lowest BCUT2D eigenvalue weighted by atomic mass is 9.96. The van der Waals surface area contributed by atoms with Gasteiger partial charge in [0.05, 0.1) is 6.42 Å². The van der Waals surface area contributed by atoms with Crippen LogP contribution in [0.1, 0.15) is 37.4 Å². The molecule has 86 valence electrons. The van der Waals surface area contributed by atoms with Crippen LogP contribution in [0.15, 0.2) is 18.2 Å². The first-order valence-corrected chi connectivity index (χ1v) is 5.74. The number of hydrogen-bond acceptors (Lipinski definition) is 2. The van der Waals surface area contributed by atoms with E-state index in [1.165, 1.54) is 0 Å². The maximum absolute atomic E-state index is 11.2. The molecule has 1 aliphatic heterocycles. The van der Waals surface area contributed by atoms with Crippen LogP contribution >= 0.6 is 0 Å². The highest BCUT2D eigenvalue weighted by Gasteiger charge is 2.19. The Balaban J connectivity index is 2.19. The Hall–Kier alpha value is -1.35. The van der Waals surface area contributed by atoms with Gasteiger partial charge in [0.2, 0.25) is 5.91 Å². The molecule has 0 saturated carbocycles. The van der Waals surface area contributed by atoms with Crippen LogP contribution < -0.4 is 11.1 Å². The number of carbonyl (C=O) groups is 1. The zero-order valence-corrected chi connectivity index (χ0v) is 9.79. The van der Waals surface area contributed by atoms with Crippen LogP contribution in [-0.2, 0) is 11.2 Å². The van der Waals surface area contributed by atoms with Gasteiger partial charge in [-0.2, -0.15) is 0 Å². The third kappa shape index (κ3) is 2.25. The van der Waals surface area contributed by atoms with Crippen molar-refractivity contribution in [3.05, 3.63) is 29.3 Å². The molecule has 0 bridgehead atoms. The Morgan fingerprint density at radius 3 is 2.88 bits per heavy atom. The van der Waals surface area contributed by atoms with E-state index >= 15 is 0 Å². The molecule has 1 aromatic carbocycles. The number of amides is 1. The van der Waals surface area contributed by atoms with Crippen LogP contribution in [0.2, 0.25) is 0 Å². The van der Waals surface area contributed by atoms with E-state index in [0.717, 1.165) is 23.2 Å². The summed E-state index contributed by atoms with van der Waals surface area (Å²) in [7, 11) is 0. The lowest BCUT2D eigenvalue weighted by Crippen LogP contribution is -2.13. The molecule has 3 N–H and O–H groups in total. The molecule has 0 saturated heterocycles. The maximum atomic E-state index is 11.2. The highest BCUT2D eigenvalue weighted by Crippen LogP contribution is 2.27. The first-order chi connectivity index (χ1) is 7.56. The van der Waals surface area contributed by atoms with Crippen LogP contribution in [0.4, 0.5) is 5.69 Å². The molecule has 0 aliphatic carbocycles. The van der Waals surface area contributed by atoms with Gasteiger partial charge < -0.3 is 11.1 Å². The molecular formula is C13H18N2O. The summed E-state index contributed by atoms with van der Waals surface area (Å²) >= 11 is 0. The standard InChI is InChI=1S/C13H18N2O/c1-8(2)5-11(14)9-3-4-12-10(6-9)7-13(16)15-12/h3-4,6,8,11H,5,7,14H2,1-2H3,(H,15,16). The van der Waals surface area contributed by atoms with Crippen molar-refractivity contribution in [2.45, 2.75) is 32.7 Å². The summed E-state index contributed by atoms with van der Waals surface area (Å²) < 4.78 is 0. The minimum atomic E-state index is 0.0704. The molecule has 3 heteroatoms. The molecule has 0 radical (unpaired) electrons. The molecule has 0 spiro atoms. The molecule has 0 aromatic heterocycles. The number of benzene rings is 1. The summed E-state index contributed by atoms with van der Waals surface area (Å²) in [6, 6.07) is 6.09. The van der Waals surface area contributed by atoms with Gasteiger partial charge in [-0.3, -0.25) is 4.79 Å². The zero-order valence-electron chi connectivity index (χ0n) is 9.79. The Labute approximate surface area is 96.0 Å². The molecule has 3 nitrogen and oxygen atoms in total. The van der Waals surface area contributed by atoms with Gasteiger partial charge in [0.25, 0.3) is 0 Å². The summed E-state index contributed by atoms with van der Waals surface area (Å²) in [5, 5.41) is 2.82. The lowest BCUT2D eigenvalue weighted by Gasteiger charge is -2.15. The fraction of sp³-hybridized carbons (Fsp3) is 0.462. The van der Waals surface area contributed by atoms with Crippen molar-refractivity contribution < 1.29 is 4.79 Å². The average Bonchev–Trinajstić information content (AvgIpc) is 2.55. The maximum Gasteiger partial charge on any atom is 0.228 e. The van der Waals surface area contributed by atoms with E-state index in [9.17, 15) is 4.79 Å². The minimum Gasteiger partial charge on any atom is -0.326 e. The van der Waals surface area contributed by atoms with Crippen LogP contribution in [0.25, 0.3) is 0 Å². The van der Waals surface area contributed by atoms with Crippen molar-refractivity contribution in [2.75, 3.05) is 5.32 Å². The topological polar surface area (TPSA) is 55.1 Å². The van der Waals surface area contributed by atoms with E-state index in [1.807, 2.05) is 12.1 Å². The van der Waals surface area contributed by atoms with Gasteiger partial charge in [-0.15, -0.1) is 0 Å². The van der Waals surface area contributed by atoms with E-state index in [1.54, 1.807) is 0 Å². The van der Waals surface area contributed by atoms with Crippen molar-refractivity contribution in [1.82, 2.24) is 0 Å². The third-order valence-corrected chi connectivity index (χ3v) is 2.91. The van der Waals surface area contributed by atoms with Gasteiger partial charge in [0, 0.05) is 11.7 Å². The first kappa shape index (κ1) is 11.1. The minimum absolute atomic E-state index is 0.0704. The second kappa shape index (κ2) is 4.26. The second-order valence-corrected chi connectivity index (χ2v) is 4.88. The van der Waals surface area contributed by atoms with Crippen LogP contribution in [0, 0.1) is 5.92 Å². The highest BCUT2D eigenvalue weighted by atomic mass is 16.1. The van der Waals surface area contributed by atoms with Crippen LogP contribution in [0.5, 0.6) is 0 Å². The van der Waals surface area contributed by atoms with E-state index in [-0.39, 0.29) is 11.9 Å². The third-order valence-electron chi connectivity index (χ3n) is 2.91. The Morgan fingerprint density at radius 2 is 2.19 bits per heavy atom. The second-order valence-electron chi connectivity index (χ2n) is 4.88. The number of anilines is 1. The van der Waals surface area contributed by atoms with Gasteiger partial charge in [0.15, 0.2) is 0 Å². The SMILES string of the molecule is CC(C)CC(N)c1ccc2c(c1)CC(=O)N2. The van der Waals surface area contributed by atoms with E-state index in [4.69, 9.17) is 5.73 Å². The summed E-state index contributed by atoms with van der Waals surface area (Å²) in [6.45, 7) is 4.33. The van der Waals surface area contributed by atoms with Crippen LogP contribution in [0.3, 0.4) is 0 Å². The van der Waals surface area contributed by atoms with Crippen LogP contribution in [-0.4, -0.2) is 5.91 Å². The summed E-state index contributed by atoms with van der Waals surface area (Å²) in [4.78, 5) is 11.2. The molecule has 1 amide bonds. The molecule has 2 rings (SSSR count). The van der Waals surface area contributed by atoms with Crippen molar-refractivity contribution in [3.63, 3.8) is 0 Å². The molecule has 1 heterocycles. The Morgan fingerprint density at radius 1 is 1.44 bits per heavy atom. The van der Waals surface area contributed by atoms with Crippen molar-refractivity contribution in [2.24, 2.45) is 11.7 Å². The normalized spacial score (nSPS) is 16.1. The highest BCUT2D eigenvalue weighted by molar-refractivity contribution is 5.99. The molecule has 1 atom stereocenters. The molecule has 16 heavy (non-hydrogen) atoms. The molecule has 1 unspecified atom stereocenters. The Kier molecular flexibility index (Phi) is 2.97. The molecule has 1 aliphatic rings. The van der Waals surface area contributed by atoms with Gasteiger partial charge >= 0.3 is 0 Å². The lowest BCUT2D eigenvalue weighted by molar-refractivity contribution is -0.115. The summed E-state index contributed by atoms with van der Waals surface area (Å²) in [5.41, 5.74) is 9.25. The number of nitrogens with two attached hydrogens (primary N) is 1. The van der Waals surface area contributed by atoms with E-state index < -0.39 is 0 Å².